The maximum Gasteiger partial charge on any atom is 0.157 e. The molecule has 0 saturated carbocycles. The molecule has 1 aromatic carbocycles. The lowest BCUT2D eigenvalue weighted by Crippen LogP contribution is -2.18. The quantitative estimate of drug-likeness (QED) is 0.677. The molecule has 0 spiro atoms. The summed E-state index contributed by atoms with van der Waals surface area (Å²) in [5.74, 6) is 1.12. The summed E-state index contributed by atoms with van der Waals surface area (Å²) >= 11 is 0. The smallest absolute Gasteiger partial charge is 0.157 e. The molecule has 0 saturated heterocycles. The fourth-order valence-corrected chi connectivity index (χ4v) is 2.92. The molecule has 2 aromatic heterocycles. The Balaban J connectivity index is 1.84. The van der Waals surface area contributed by atoms with E-state index in [-0.39, 0.29) is 0 Å². The van der Waals surface area contributed by atoms with Gasteiger partial charge in [-0.1, -0.05) is 24.3 Å². The Labute approximate surface area is 117 Å². The average Bonchev–Trinajstić information content (AvgIpc) is 2.99. The van der Waals surface area contributed by atoms with Gasteiger partial charge in [0.1, 0.15) is 5.82 Å². The van der Waals surface area contributed by atoms with E-state index < -0.39 is 0 Å². The lowest BCUT2D eigenvalue weighted by molar-refractivity contribution is 0.795. The molecular formula is C16H16N4. The minimum Gasteiger partial charge on any atom is -0.348 e. The van der Waals surface area contributed by atoms with Crippen LogP contribution in [0.2, 0.25) is 0 Å². The second kappa shape index (κ2) is 4.07. The molecule has 0 aliphatic carbocycles. The van der Waals surface area contributed by atoms with Crippen LogP contribution in [0.3, 0.4) is 0 Å². The predicted octanol–water partition coefficient (Wildman–Crippen LogP) is 2.87. The first-order chi connectivity index (χ1) is 9.70. The van der Waals surface area contributed by atoms with Crippen LogP contribution >= 0.6 is 0 Å². The van der Waals surface area contributed by atoms with Gasteiger partial charge in [-0.05, 0) is 25.0 Å². The van der Waals surface area contributed by atoms with Gasteiger partial charge >= 0.3 is 0 Å². The van der Waals surface area contributed by atoms with Gasteiger partial charge in [-0.3, -0.25) is 0 Å². The summed E-state index contributed by atoms with van der Waals surface area (Å²) in [5, 5.41) is 4.57. The third-order valence-corrected chi connectivity index (χ3v) is 3.82. The van der Waals surface area contributed by atoms with Crippen molar-refractivity contribution in [3.05, 3.63) is 58.9 Å². The SMILES string of the molecule is Cc1cc(N2Cc3ccccc3C2)n2nc(C)cc2n1. The van der Waals surface area contributed by atoms with Gasteiger partial charge in [0.25, 0.3) is 0 Å². The van der Waals surface area contributed by atoms with Gasteiger partial charge in [-0.25, -0.2) is 4.98 Å². The molecule has 0 amide bonds. The molecule has 0 atom stereocenters. The number of benzene rings is 1. The Morgan fingerprint density at radius 1 is 0.950 bits per heavy atom. The molecule has 20 heavy (non-hydrogen) atoms. The van der Waals surface area contributed by atoms with Crippen molar-refractivity contribution in [2.75, 3.05) is 4.90 Å². The van der Waals surface area contributed by atoms with E-state index in [4.69, 9.17) is 0 Å². The largest absolute Gasteiger partial charge is 0.348 e. The molecule has 0 fully saturated rings. The lowest BCUT2D eigenvalue weighted by atomic mass is 10.1. The summed E-state index contributed by atoms with van der Waals surface area (Å²) in [4.78, 5) is 6.91. The highest BCUT2D eigenvalue weighted by molar-refractivity contribution is 5.54. The molecule has 0 radical (unpaired) electrons. The van der Waals surface area contributed by atoms with Gasteiger partial charge in [0.05, 0.1) is 5.69 Å². The molecular weight excluding hydrogens is 248 g/mol. The van der Waals surface area contributed by atoms with Crippen molar-refractivity contribution < 1.29 is 0 Å². The van der Waals surface area contributed by atoms with Crippen molar-refractivity contribution in [1.82, 2.24) is 14.6 Å². The highest BCUT2D eigenvalue weighted by Crippen LogP contribution is 2.28. The van der Waals surface area contributed by atoms with Gasteiger partial charge in [0.2, 0.25) is 0 Å². The number of rotatable bonds is 1. The third-order valence-electron chi connectivity index (χ3n) is 3.82. The van der Waals surface area contributed by atoms with E-state index in [0.717, 1.165) is 35.9 Å². The van der Waals surface area contributed by atoms with Gasteiger partial charge < -0.3 is 4.90 Å². The number of fused-ring (bicyclic) bond motifs is 2. The van der Waals surface area contributed by atoms with Crippen molar-refractivity contribution in [2.45, 2.75) is 26.9 Å². The molecule has 3 aromatic rings. The summed E-state index contributed by atoms with van der Waals surface area (Å²) in [7, 11) is 0. The minimum atomic E-state index is 0.924. The van der Waals surface area contributed by atoms with Crippen molar-refractivity contribution in [2.24, 2.45) is 0 Å². The van der Waals surface area contributed by atoms with Crippen LogP contribution in [0.5, 0.6) is 0 Å². The number of anilines is 1. The Morgan fingerprint density at radius 2 is 1.65 bits per heavy atom. The van der Waals surface area contributed by atoms with E-state index in [1.807, 2.05) is 24.4 Å². The highest BCUT2D eigenvalue weighted by atomic mass is 15.4. The molecule has 4 heteroatoms. The molecule has 100 valence electrons. The summed E-state index contributed by atoms with van der Waals surface area (Å²) in [5.41, 5.74) is 5.76. The van der Waals surface area contributed by atoms with Crippen molar-refractivity contribution in [1.29, 1.82) is 0 Å². The van der Waals surface area contributed by atoms with E-state index in [0.29, 0.717) is 0 Å². The van der Waals surface area contributed by atoms with Crippen LogP contribution in [-0.2, 0) is 13.1 Å². The van der Waals surface area contributed by atoms with Gasteiger partial charge in [0, 0.05) is 30.9 Å². The molecule has 4 rings (SSSR count). The predicted molar refractivity (Wildman–Crippen MR) is 78.8 cm³/mol. The molecule has 3 heterocycles. The Bertz CT molecular complexity index is 778. The van der Waals surface area contributed by atoms with Crippen molar-refractivity contribution in [3.8, 4) is 0 Å². The van der Waals surface area contributed by atoms with Gasteiger partial charge in [-0.2, -0.15) is 9.61 Å². The lowest BCUT2D eigenvalue weighted by Gasteiger charge is -2.19. The number of nitrogens with zero attached hydrogens (tertiary/aromatic N) is 4. The monoisotopic (exact) mass is 264 g/mol. The first kappa shape index (κ1) is 11.5. The Morgan fingerprint density at radius 3 is 2.35 bits per heavy atom. The molecule has 0 unspecified atom stereocenters. The number of aromatic nitrogens is 3. The van der Waals surface area contributed by atoms with Crippen molar-refractivity contribution in [3.63, 3.8) is 0 Å². The number of aryl methyl sites for hydroxylation is 2. The van der Waals surface area contributed by atoms with E-state index in [1.54, 1.807) is 0 Å². The highest BCUT2D eigenvalue weighted by Gasteiger charge is 2.21. The summed E-state index contributed by atoms with van der Waals surface area (Å²) in [6, 6.07) is 12.8. The molecule has 0 bridgehead atoms. The van der Waals surface area contributed by atoms with Crippen LogP contribution in [0.25, 0.3) is 5.65 Å². The topological polar surface area (TPSA) is 33.4 Å². The van der Waals surface area contributed by atoms with Crippen LogP contribution in [0.15, 0.2) is 36.4 Å². The van der Waals surface area contributed by atoms with Gasteiger partial charge in [-0.15, -0.1) is 0 Å². The zero-order valence-corrected chi connectivity index (χ0v) is 11.7. The Hall–Kier alpha value is -2.36. The van der Waals surface area contributed by atoms with Crippen LogP contribution in [-0.4, -0.2) is 14.6 Å². The first-order valence-corrected chi connectivity index (χ1v) is 6.86. The van der Waals surface area contributed by atoms with Crippen LogP contribution < -0.4 is 4.90 Å². The number of hydrogen-bond acceptors (Lipinski definition) is 3. The summed E-state index contributed by atoms with van der Waals surface area (Å²) in [6.45, 7) is 5.92. The van der Waals surface area contributed by atoms with E-state index >= 15 is 0 Å². The van der Waals surface area contributed by atoms with Crippen LogP contribution in [0, 0.1) is 13.8 Å². The molecule has 1 aliphatic heterocycles. The zero-order valence-electron chi connectivity index (χ0n) is 11.7. The minimum absolute atomic E-state index is 0.924. The summed E-state index contributed by atoms with van der Waals surface area (Å²) in [6.07, 6.45) is 0. The standard InChI is InChI=1S/C16H16N4/c1-11-8-16(20-15(17-11)7-12(2)18-20)19-9-13-5-3-4-6-14(13)10-19/h3-8H,9-10H2,1-2H3. The second-order valence-electron chi connectivity index (χ2n) is 5.44. The van der Waals surface area contributed by atoms with E-state index in [9.17, 15) is 0 Å². The third kappa shape index (κ3) is 1.68. The first-order valence-electron chi connectivity index (χ1n) is 6.86. The second-order valence-corrected chi connectivity index (χ2v) is 5.44. The maximum atomic E-state index is 4.57. The van der Waals surface area contributed by atoms with E-state index in [2.05, 4.69) is 45.3 Å². The molecule has 1 aliphatic rings. The maximum absolute atomic E-state index is 4.57. The molecule has 0 N–H and O–H groups in total. The summed E-state index contributed by atoms with van der Waals surface area (Å²) < 4.78 is 1.95. The number of hydrogen-bond donors (Lipinski definition) is 0. The van der Waals surface area contributed by atoms with Gasteiger partial charge in [0.15, 0.2) is 5.65 Å². The fraction of sp³-hybridized carbons (Fsp3) is 0.250. The zero-order chi connectivity index (χ0) is 13.7. The van der Waals surface area contributed by atoms with Crippen molar-refractivity contribution >= 4 is 11.5 Å². The average molecular weight is 264 g/mol. The van der Waals surface area contributed by atoms with E-state index in [1.165, 1.54) is 11.1 Å². The molecule has 4 nitrogen and oxygen atoms in total. The fourth-order valence-electron chi connectivity index (χ4n) is 2.92. The van der Waals surface area contributed by atoms with Crippen LogP contribution in [0.4, 0.5) is 5.82 Å². The Kier molecular flexibility index (Phi) is 2.33. The van der Waals surface area contributed by atoms with Crippen LogP contribution in [0.1, 0.15) is 22.5 Å². The normalized spacial score (nSPS) is 14.0.